The quantitative estimate of drug-likeness (QED) is 0.880. The Kier molecular flexibility index (Phi) is 5.66. The van der Waals surface area contributed by atoms with Gasteiger partial charge in [0.25, 0.3) is 5.91 Å². The highest BCUT2D eigenvalue weighted by molar-refractivity contribution is 5.99. The number of amides is 1. The molecule has 1 aliphatic rings. The van der Waals surface area contributed by atoms with Crippen molar-refractivity contribution < 1.29 is 4.79 Å². The van der Waals surface area contributed by atoms with Gasteiger partial charge in [-0.15, -0.1) is 0 Å². The monoisotopic (exact) mass is 338 g/mol. The molecule has 25 heavy (non-hydrogen) atoms. The van der Waals surface area contributed by atoms with Crippen molar-refractivity contribution in [3.05, 3.63) is 59.9 Å². The Balaban J connectivity index is 1.67. The molecule has 2 heterocycles. The van der Waals surface area contributed by atoms with Gasteiger partial charge in [0.2, 0.25) is 0 Å². The highest BCUT2D eigenvalue weighted by atomic mass is 16.2. The van der Waals surface area contributed by atoms with Crippen LogP contribution in [-0.2, 0) is 6.54 Å². The predicted molar refractivity (Wildman–Crippen MR) is 101 cm³/mol. The molecular formula is C20H26N4O. The number of carbonyl (C=O) groups is 1. The van der Waals surface area contributed by atoms with Crippen LogP contribution in [0.15, 0.2) is 48.8 Å². The number of pyridine rings is 1. The summed E-state index contributed by atoms with van der Waals surface area (Å²) in [7, 11) is 4.17. The molecule has 132 valence electrons. The van der Waals surface area contributed by atoms with Crippen molar-refractivity contribution in [1.29, 1.82) is 0 Å². The Morgan fingerprint density at radius 2 is 2.12 bits per heavy atom. The number of nitrogens with zero attached hydrogens (tertiary/aromatic N) is 3. The van der Waals surface area contributed by atoms with E-state index in [1.54, 1.807) is 6.20 Å². The number of nitrogens with one attached hydrogen (secondary N) is 1. The number of benzene rings is 1. The number of hydrogen-bond acceptors (Lipinski definition) is 4. The van der Waals surface area contributed by atoms with Crippen LogP contribution in [0.1, 0.15) is 22.3 Å². The average Bonchev–Trinajstić information content (AvgIpc) is 3.08. The van der Waals surface area contributed by atoms with Crippen molar-refractivity contribution in [3.63, 3.8) is 0 Å². The molecule has 2 aromatic rings. The van der Waals surface area contributed by atoms with E-state index in [0.717, 1.165) is 42.9 Å². The molecule has 1 N–H and O–H groups in total. The van der Waals surface area contributed by atoms with Gasteiger partial charge in [-0.2, -0.15) is 0 Å². The first-order chi connectivity index (χ1) is 12.1. The summed E-state index contributed by atoms with van der Waals surface area (Å²) in [6, 6.07) is 11.7. The molecule has 0 saturated carbocycles. The van der Waals surface area contributed by atoms with Gasteiger partial charge < -0.3 is 15.1 Å². The topological polar surface area (TPSA) is 48.5 Å². The second-order valence-corrected chi connectivity index (χ2v) is 6.93. The number of aromatic nitrogens is 1. The molecule has 1 saturated heterocycles. The summed E-state index contributed by atoms with van der Waals surface area (Å²) < 4.78 is 0. The molecule has 0 bridgehead atoms. The molecule has 0 aliphatic carbocycles. The summed E-state index contributed by atoms with van der Waals surface area (Å²) in [5.41, 5.74) is 2.72. The lowest BCUT2D eigenvalue weighted by Gasteiger charge is -2.20. The smallest absolute Gasteiger partial charge is 0.255 e. The first-order valence-electron chi connectivity index (χ1n) is 8.79. The second kappa shape index (κ2) is 8.12. The molecule has 1 aliphatic heterocycles. The van der Waals surface area contributed by atoms with E-state index in [9.17, 15) is 4.79 Å². The normalized spacial score (nSPS) is 17.1. The van der Waals surface area contributed by atoms with E-state index in [2.05, 4.69) is 29.3 Å². The van der Waals surface area contributed by atoms with E-state index in [0.29, 0.717) is 12.5 Å². The van der Waals surface area contributed by atoms with Gasteiger partial charge in [0.15, 0.2) is 0 Å². The van der Waals surface area contributed by atoms with Gasteiger partial charge in [-0.25, -0.2) is 0 Å². The maximum atomic E-state index is 13.0. The molecule has 5 nitrogen and oxygen atoms in total. The molecule has 5 heteroatoms. The molecule has 1 fully saturated rings. The first kappa shape index (κ1) is 17.4. The number of likely N-dealkylation sites (tertiary alicyclic amines) is 1. The fraction of sp³-hybridized carbons (Fsp3) is 0.400. The minimum Gasteiger partial charge on any atom is -0.380 e. The highest BCUT2D eigenvalue weighted by Crippen LogP contribution is 2.23. The van der Waals surface area contributed by atoms with Crippen molar-refractivity contribution in [2.75, 3.05) is 39.0 Å². The number of anilines is 1. The van der Waals surface area contributed by atoms with Crippen LogP contribution in [0.5, 0.6) is 0 Å². The maximum Gasteiger partial charge on any atom is 0.255 e. The minimum absolute atomic E-state index is 0.121. The minimum atomic E-state index is 0.121. The van der Waals surface area contributed by atoms with Gasteiger partial charge in [0.1, 0.15) is 0 Å². The Morgan fingerprint density at radius 3 is 2.88 bits per heavy atom. The second-order valence-electron chi connectivity index (χ2n) is 6.93. The summed E-state index contributed by atoms with van der Waals surface area (Å²) in [4.78, 5) is 21.3. The molecule has 0 radical (unpaired) electrons. The highest BCUT2D eigenvalue weighted by Gasteiger charge is 2.28. The SMILES string of the molecule is CN(C)C[C@@H]1CCN(C(=O)c2ccccc2NCc2cccnc2)C1. The van der Waals surface area contributed by atoms with Crippen LogP contribution in [0.25, 0.3) is 0 Å². The molecule has 1 amide bonds. The first-order valence-corrected chi connectivity index (χ1v) is 8.79. The summed E-state index contributed by atoms with van der Waals surface area (Å²) in [5.74, 6) is 0.685. The Hall–Kier alpha value is -2.40. The average molecular weight is 338 g/mol. The maximum absolute atomic E-state index is 13.0. The predicted octanol–water partition coefficient (Wildman–Crippen LogP) is 2.72. The third-order valence-corrected chi connectivity index (χ3v) is 4.56. The van der Waals surface area contributed by atoms with Gasteiger partial charge in [-0.05, 0) is 50.2 Å². The summed E-state index contributed by atoms with van der Waals surface area (Å²) in [6.07, 6.45) is 4.68. The van der Waals surface area contributed by atoms with Crippen molar-refractivity contribution in [2.45, 2.75) is 13.0 Å². The molecule has 1 atom stereocenters. The van der Waals surface area contributed by atoms with Gasteiger partial charge >= 0.3 is 0 Å². The molecule has 1 aromatic carbocycles. The lowest BCUT2D eigenvalue weighted by molar-refractivity contribution is 0.0786. The van der Waals surface area contributed by atoms with Crippen molar-refractivity contribution >= 4 is 11.6 Å². The van der Waals surface area contributed by atoms with E-state index in [1.807, 2.05) is 47.5 Å². The molecule has 0 unspecified atom stereocenters. The largest absolute Gasteiger partial charge is 0.380 e. The van der Waals surface area contributed by atoms with Gasteiger partial charge in [0, 0.05) is 44.3 Å². The lowest BCUT2D eigenvalue weighted by Crippen LogP contribution is -2.31. The number of hydrogen-bond donors (Lipinski definition) is 1. The molecular weight excluding hydrogens is 312 g/mol. The lowest BCUT2D eigenvalue weighted by atomic mass is 10.1. The van der Waals surface area contributed by atoms with E-state index in [4.69, 9.17) is 0 Å². The standard InChI is InChI=1S/C20H26N4O/c1-23(2)14-17-9-11-24(15-17)20(25)18-7-3-4-8-19(18)22-13-16-6-5-10-21-12-16/h3-8,10,12,17,22H,9,11,13-15H2,1-2H3/t17-/m0/s1. The van der Waals surface area contributed by atoms with E-state index in [-0.39, 0.29) is 5.91 Å². The molecule has 3 rings (SSSR count). The third kappa shape index (κ3) is 4.57. The summed E-state index contributed by atoms with van der Waals surface area (Å²) in [6.45, 7) is 3.37. The zero-order valence-electron chi connectivity index (χ0n) is 15.0. The van der Waals surface area contributed by atoms with Crippen LogP contribution >= 0.6 is 0 Å². The van der Waals surface area contributed by atoms with Crippen LogP contribution in [0.3, 0.4) is 0 Å². The fourth-order valence-electron chi connectivity index (χ4n) is 3.38. The van der Waals surface area contributed by atoms with Gasteiger partial charge in [-0.1, -0.05) is 18.2 Å². The summed E-state index contributed by atoms with van der Waals surface area (Å²) >= 11 is 0. The van der Waals surface area contributed by atoms with Crippen molar-refractivity contribution in [2.24, 2.45) is 5.92 Å². The van der Waals surface area contributed by atoms with E-state index in [1.165, 1.54) is 0 Å². The summed E-state index contributed by atoms with van der Waals surface area (Å²) in [5, 5.41) is 3.38. The van der Waals surface area contributed by atoms with Crippen LogP contribution < -0.4 is 5.32 Å². The third-order valence-electron chi connectivity index (χ3n) is 4.56. The van der Waals surface area contributed by atoms with Crippen LogP contribution in [0.4, 0.5) is 5.69 Å². The fourth-order valence-corrected chi connectivity index (χ4v) is 3.38. The Bertz CT molecular complexity index is 702. The zero-order chi connectivity index (χ0) is 17.6. The van der Waals surface area contributed by atoms with Crippen LogP contribution in [0.2, 0.25) is 0 Å². The van der Waals surface area contributed by atoms with E-state index >= 15 is 0 Å². The Labute approximate surface area is 149 Å². The number of para-hydroxylation sites is 1. The van der Waals surface area contributed by atoms with Crippen LogP contribution in [0, 0.1) is 5.92 Å². The van der Waals surface area contributed by atoms with Gasteiger partial charge in [-0.3, -0.25) is 9.78 Å². The van der Waals surface area contributed by atoms with E-state index < -0.39 is 0 Å². The molecule has 0 spiro atoms. The number of rotatable bonds is 6. The van der Waals surface area contributed by atoms with Crippen molar-refractivity contribution in [1.82, 2.24) is 14.8 Å². The zero-order valence-corrected chi connectivity index (χ0v) is 15.0. The Morgan fingerprint density at radius 1 is 1.28 bits per heavy atom. The number of carbonyl (C=O) groups excluding carboxylic acids is 1. The van der Waals surface area contributed by atoms with Gasteiger partial charge in [0.05, 0.1) is 5.56 Å². The van der Waals surface area contributed by atoms with Crippen LogP contribution in [-0.4, -0.2) is 54.4 Å². The molecule has 1 aromatic heterocycles. The van der Waals surface area contributed by atoms with Crippen molar-refractivity contribution in [3.8, 4) is 0 Å².